The second kappa shape index (κ2) is 3.66. The SMILES string of the molecule is CC=CCC1OC(=O)c2ccccc21. The Hall–Kier alpha value is -1.57. The predicted octanol–water partition coefficient (Wildman–Crippen LogP) is 2.86. The summed E-state index contributed by atoms with van der Waals surface area (Å²) in [6, 6.07) is 7.56. The van der Waals surface area contributed by atoms with Gasteiger partial charge in [-0.25, -0.2) is 4.79 Å². The topological polar surface area (TPSA) is 26.3 Å². The minimum absolute atomic E-state index is 0.0881. The molecular formula is C12H12O2. The first-order valence-corrected chi connectivity index (χ1v) is 4.74. The van der Waals surface area contributed by atoms with Gasteiger partial charge in [-0.2, -0.15) is 0 Å². The standard InChI is InChI=1S/C12H12O2/c1-2-3-8-11-9-6-4-5-7-10(9)12(13)14-11/h2-7,11H,8H2,1H3. The summed E-state index contributed by atoms with van der Waals surface area (Å²) in [5.74, 6) is -0.199. The number of esters is 1. The van der Waals surface area contributed by atoms with Gasteiger partial charge in [0.25, 0.3) is 0 Å². The van der Waals surface area contributed by atoms with Crippen molar-refractivity contribution in [2.45, 2.75) is 19.4 Å². The summed E-state index contributed by atoms with van der Waals surface area (Å²) in [5, 5.41) is 0. The number of carbonyl (C=O) groups excluding carboxylic acids is 1. The quantitative estimate of drug-likeness (QED) is 0.527. The summed E-state index contributed by atoms with van der Waals surface area (Å²) in [5.41, 5.74) is 1.72. The summed E-state index contributed by atoms with van der Waals surface area (Å²) in [6.45, 7) is 1.96. The first kappa shape index (κ1) is 9.00. The van der Waals surface area contributed by atoms with Crippen molar-refractivity contribution >= 4 is 5.97 Å². The zero-order valence-electron chi connectivity index (χ0n) is 8.07. The average Bonchev–Trinajstić information content (AvgIpc) is 2.54. The van der Waals surface area contributed by atoms with Gasteiger partial charge in [0, 0.05) is 12.0 Å². The summed E-state index contributed by atoms with van der Waals surface area (Å²) < 4.78 is 5.24. The third kappa shape index (κ3) is 1.43. The van der Waals surface area contributed by atoms with Gasteiger partial charge in [-0.15, -0.1) is 0 Å². The zero-order valence-corrected chi connectivity index (χ0v) is 8.07. The average molecular weight is 188 g/mol. The van der Waals surface area contributed by atoms with Crippen LogP contribution in [-0.2, 0) is 4.74 Å². The lowest BCUT2D eigenvalue weighted by Gasteiger charge is -2.06. The number of hydrogen-bond donors (Lipinski definition) is 0. The fourth-order valence-corrected chi connectivity index (χ4v) is 1.65. The molecule has 0 saturated carbocycles. The molecule has 0 N–H and O–H groups in total. The molecule has 0 spiro atoms. The van der Waals surface area contributed by atoms with Gasteiger partial charge in [0.2, 0.25) is 0 Å². The van der Waals surface area contributed by atoms with Gasteiger partial charge >= 0.3 is 5.97 Å². The summed E-state index contributed by atoms with van der Waals surface area (Å²) in [6.07, 6.45) is 4.66. The molecule has 0 saturated heterocycles. The molecule has 72 valence electrons. The van der Waals surface area contributed by atoms with Crippen LogP contribution in [0.5, 0.6) is 0 Å². The highest BCUT2D eigenvalue weighted by Gasteiger charge is 2.29. The second-order valence-electron chi connectivity index (χ2n) is 3.29. The highest BCUT2D eigenvalue weighted by Crippen LogP contribution is 2.32. The summed E-state index contributed by atoms with van der Waals surface area (Å²) in [4.78, 5) is 11.4. The number of ether oxygens (including phenoxy) is 1. The number of benzene rings is 1. The van der Waals surface area contributed by atoms with Gasteiger partial charge in [0.15, 0.2) is 0 Å². The van der Waals surface area contributed by atoms with Gasteiger partial charge in [0.05, 0.1) is 5.56 Å². The monoisotopic (exact) mass is 188 g/mol. The van der Waals surface area contributed by atoms with Crippen LogP contribution in [0.4, 0.5) is 0 Å². The van der Waals surface area contributed by atoms with E-state index < -0.39 is 0 Å². The highest BCUT2D eigenvalue weighted by molar-refractivity contribution is 5.93. The normalized spacial score (nSPS) is 19.8. The maximum atomic E-state index is 11.4. The Balaban J connectivity index is 2.29. The van der Waals surface area contributed by atoms with Crippen molar-refractivity contribution < 1.29 is 9.53 Å². The first-order valence-electron chi connectivity index (χ1n) is 4.74. The molecule has 1 atom stereocenters. The molecule has 2 rings (SSSR count). The van der Waals surface area contributed by atoms with Crippen molar-refractivity contribution in [3.05, 3.63) is 47.5 Å². The van der Waals surface area contributed by atoms with Crippen LogP contribution >= 0.6 is 0 Å². The van der Waals surface area contributed by atoms with Crippen molar-refractivity contribution in [1.82, 2.24) is 0 Å². The van der Waals surface area contributed by atoms with Crippen LogP contribution in [0.25, 0.3) is 0 Å². The molecule has 1 aromatic rings. The number of carbonyl (C=O) groups is 1. The number of hydrogen-bond acceptors (Lipinski definition) is 2. The first-order chi connectivity index (χ1) is 6.83. The molecule has 1 aromatic carbocycles. The van der Waals surface area contributed by atoms with E-state index >= 15 is 0 Å². The molecule has 2 heteroatoms. The highest BCUT2D eigenvalue weighted by atomic mass is 16.5. The molecule has 0 amide bonds. The third-order valence-corrected chi connectivity index (χ3v) is 2.36. The number of cyclic esters (lactones) is 1. The van der Waals surface area contributed by atoms with E-state index in [0.717, 1.165) is 12.0 Å². The van der Waals surface area contributed by atoms with E-state index in [1.165, 1.54) is 0 Å². The Kier molecular flexibility index (Phi) is 2.35. The van der Waals surface area contributed by atoms with Crippen LogP contribution in [0.1, 0.15) is 35.4 Å². The van der Waals surface area contributed by atoms with E-state index in [1.54, 1.807) is 0 Å². The fourth-order valence-electron chi connectivity index (χ4n) is 1.65. The molecule has 0 radical (unpaired) electrons. The molecule has 14 heavy (non-hydrogen) atoms. The van der Waals surface area contributed by atoms with E-state index in [9.17, 15) is 4.79 Å². The predicted molar refractivity (Wildman–Crippen MR) is 54.0 cm³/mol. The smallest absolute Gasteiger partial charge is 0.339 e. The lowest BCUT2D eigenvalue weighted by molar-refractivity contribution is 0.0392. The molecule has 2 nitrogen and oxygen atoms in total. The van der Waals surface area contributed by atoms with E-state index in [0.29, 0.717) is 5.56 Å². The molecule has 1 unspecified atom stereocenters. The third-order valence-electron chi connectivity index (χ3n) is 2.36. The molecule has 0 fully saturated rings. The van der Waals surface area contributed by atoms with E-state index in [-0.39, 0.29) is 12.1 Å². The van der Waals surface area contributed by atoms with Gasteiger partial charge in [-0.3, -0.25) is 0 Å². The molecule has 1 aliphatic rings. The van der Waals surface area contributed by atoms with Crippen LogP contribution in [0.2, 0.25) is 0 Å². The van der Waals surface area contributed by atoms with Crippen LogP contribution in [-0.4, -0.2) is 5.97 Å². The lowest BCUT2D eigenvalue weighted by atomic mass is 10.0. The molecule has 0 aromatic heterocycles. The summed E-state index contributed by atoms with van der Waals surface area (Å²) in [7, 11) is 0. The van der Waals surface area contributed by atoms with Crippen LogP contribution in [0.3, 0.4) is 0 Å². The van der Waals surface area contributed by atoms with E-state index in [2.05, 4.69) is 0 Å². The van der Waals surface area contributed by atoms with Crippen LogP contribution in [0.15, 0.2) is 36.4 Å². The second-order valence-corrected chi connectivity index (χ2v) is 3.29. The van der Waals surface area contributed by atoms with Gasteiger partial charge < -0.3 is 4.74 Å². The molecule has 0 aliphatic carbocycles. The molecule has 1 aliphatic heterocycles. The van der Waals surface area contributed by atoms with E-state index in [4.69, 9.17) is 4.74 Å². The maximum Gasteiger partial charge on any atom is 0.339 e. The lowest BCUT2D eigenvalue weighted by Crippen LogP contribution is -1.96. The largest absolute Gasteiger partial charge is 0.454 e. The fraction of sp³-hybridized carbons (Fsp3) is 0.250. The molecular weight excluding hydrogens is 176 g/mol. The van der Waals surface area contributed by atoms with Gasteiger partial charge in [-0.05, 0) is 13.0 Å². The van der Waals surface area contributed by atoms with Crippen molar-refractivity contribution in [2.75, 3.05) is 0 Å². The van der Waals surface area contributed by atoms with Gasteiger partial charge in [-0.1, -0.05) is 30.4 Å². The number of allylic oxidation sites excluding steroid dienone is 1. The van der Waals surface area contributed by atoms with Crippen LogP contribution < -0.4 is 0 Å². The minimum atomic E-state index is -0.199. The van der Waals surface area contributed by atoms with Gasteiger partial charge in [0.1, 0.15) is 6.10 Å². The number of rotatable bonds is 2. The van der Waals surface area contributed by atoms with Crippen LogP contribution in [0, 0.1) is 0 Å². The van der Waals surface area contributed by atoms with Crippen molar-refractivity contribution in [2.24, 2.45) is 0 Å². The minimum Gasteiger partial charge on any atom is -0.454 e. The Morgan fingerprint density at radius 1 is 1.43 bits per heavy atom. The Labute approximate surface area is 83.2 Å². The number of fused-ring (bicyclic) bond motifs is 1. The Morgan fingerprint density at radius 2 is 2.21 bits per heavy atom. The Bertz CT molecular complexity index is 380. The van der Waals surface area contributed by atoms with Crippen molar-refractivity contribution in [3.63, 3.8) is 0 Å². The summed E-state index contributed by atoms with van der Waals surface area (Å²) >= 11 is 0. The van der Waals surface area contributed by atoms with Crippen molar-refractivity contribution in [3.8, 4) is 0 Å². The molecule has 0 bridgehead atoms. The Morgan fingerprint density at radius 3 is 3.00 bits per heavy atom. The maximum absolute atomic E-state index is 11.4. The van der Waals surface area contributed by atoms with Crippen molar-refractivity contribution in [1.29, 1.82) is 0 Å². The molecule has 1 heterocycles. The zero-order chi connectivity index (χ0) is 9.97. The van der Waals surface area contributed by atoms with E-state index in [1.807, 2.05) is 43.3 Å².